The number of carbonyl (C=O) groups is 1. The zero-order valence-electron chi connectivity index (χ0n) is 16.8. The fraction of sp³-hybridized carbons (Fsp3) is 0.130. The Morgan fingerprint density at radius 2 is 1.84 bits per heavy atom. The van der Waals surface area contributed by atoms with Crippen LogP contribution in [0.2, 0.25) is 0 Å². The third-order valence-corrected chi connectivity index (χ3v) is 5.84. The summed E-state index contributed by atoms with van der Waals surface area (Å²) in [6.45, 7) is 1.96. The van der Waals surface area contributed by atoms with E-state index in [1.54, 1.807) is 4.52 Å². The Bertz CT molecular complexity index is 1370. The Hall–Kier alpha value is -3.78. The molecule has 0 unspecified atom stereocenters. The number of hydrogen-bond donors (Lipinski definition) is 1. The molecule has 2 heterocycles. The van der Waals surface area contributed by atoms with E-state index in [4.69, 9.17) is 4.74 Å². The first-order valence-corrected chi connectivity index (χ1v) is 10.7. The molecule has 154 valence electrons. The molecule has 5 rings (SSSR count). The van der Waals surface area contributed by atoms with Gasteiger partial charge in [0.1, 0.15) is 10.8 Å². The molecule has 0 radical (unpaired) electrons. The number of nitrogens with zero attached hydrogens (tertiary/aromatic N) is 4. The van der Waals surface area contributed by atoms with Crippen molar-refractivity contribution in [2.45, 2.75) is 13.3 Å². The van der Waals surface area contributed by atoms with Gasteiger partial charge in [-0.2, -0.15) is 9.61 Å². The molecule has 0 aliphatic carbocycles. The first-order valence-electron chi connectivity index (χ1n) is 9.93. The van der Waals surface area contributed by atoms with Crippen LogP contribution in [0.4, 0.5) is 5.69 Å². The number of benzene rings is 3. The van der Waals surface area contributed by atoms with E-state index in [9.17, 15) is 4.79 Å². The lowest BCUT2D eigenvalue weighted by Gasteiger charge is -2.10. The topological polar surface area (TPSA) is 81.4 Å². The van der Waals surface area contributed by atoms with Crippen LogP contribution in [-0.4, -0.2) is 32.3 Å². The number of aryl methyl sites for hydroxylation is 1. The number of fused-ring (bicyclic) bond motifs is 2. The predicted octanol–water partition coefficient (Wildman–Crippen LogP) is 4.59. The summed E-state index contributed by atoms with van der Waals surface area (Å²) in [6.07, 6.45) is 0.774. The van der Waals surface area contributed by atoms with E-state index in [2.05, 4.69) is 20.6 Å². The zero-order valence-corrected chi connectivity index (χ0v) is 17.6. The van der Waals surface area contributed by atoms with Crippen molar-refractivity contribution in [3.8, 4) is 16.3 Å². The van der Waals surface area contributed by atoms with Gasteiger partial charge in [0, 0.05) is 23.1 Å². The van der Waals surface area contributed by atoms with Gasteiger partial charge in [-0.15, -0.1) is 10.2 Å². The summed E-state index contributed by atoms with van der Waals surface area (Å²) in [6, 6.07) is 21.3. The molecule has 8 heteroatoms. The second-order valence-corrected chi connectivity index (χ2v) is 7.92. The van der Waals surface area contributed by atoms with Crippen LogP contribution in [0.1, 0.15) is 12.7 Å². The Morgan fingerprint density at radius 1 is 1.03 bits per heavy atom. The highest BCUT2D eigenvalue weighted by molar-refractivity contribution is 7.19. The quantitative estimate of drug-likeness (QED) is 0.427. The van der Waals surface area contributed by atoms with Crippen LogP contribution in [0, 0.1) is 0 Å². The van der Waals surface area contributed by atoms with Crippen LogP contribution in [0.25, 0.3) is 26.3 Å². The first-order chi connectivity index (χ1) is 15.2. The van der Waals surface area contributed by atoms with Gasteiger partial charge >= 0.3 is 0 Å². The normalized spacial score (nSPS) is 11.1. The maximum atomic E-state index is 12.4. The molecule has 0 aliphatic heterocycles. The van der Waals surface area contributed by atoms with Gasteiger partial charge in [-0.25, -0.2) is 0 Å². The molecule has 1 amide bonds. The summed E-state index contributed by atoms with van der Waals surface area (Å²) >= 11 is 1.48. The zero-order chi connectivity index (χ0) is 21.2. The van der Waals surface area contributed by atoms with Gasteiger partial charge in [0.05, 0.1) is 0 Å². The molecule has 0 bridgehead atoms. The molecule has 0 fully saturated rings. The minimum Gasteiger partial charge on any atom is -0.483 e. The van der Waals surface area contributed by atoms with Gasteiger partial charge in [0.2, 0.25) is 4.96 Å². The monoisotopic (exact) mass is 429 g/mol. The maximum absolute atomic E-state index is 12.4. The van der Waals surface area contributed by atoms with Crippen molar-refractivity contribution in [2.75, 3.05) is 11.9 Å². The number of ether oxygens (including phenoxy) is 1. The molecule has 1 N–H and O–H groups in total. The number of amides is 1. The van der Waals surface area contributed by atoms with Gasteiger partial charge in [0.15, 0.2) is 12.4 Å². The van der Waals surface area contributed by atoms with Gasteiger partial charge in [-0.3, -0.25) is 4.79 Å². The van der Waals surface area contributed by atoms with Gasteiger partial charge in [-0.05, 0) is 35.7 Å². The highest BCUT2D eigenvalue weighted by atomic mass is 32.1. The van der Waals surface area contributed by atoms with Gasteiger partial charge in [-0.1, -0.05) is 54.7 Å². The summed E-state index contributed by atoms with van der Waals surface area (Å²) < 4.78 is 7.54. The van der Waals surface area contributed by atoms with E-state index in [1.165, 1.54) is 11.3 Å². The van der Waals surface area contributed by atoms with Crippen molar-refractivity contribution in [3.63, 3.8) is 0 Å². The van der Waals surface area contributed by atoms with E-state index in [-0.39, 0.29) is 12.5 Å². The highest BCUT2D eigenvalue weighted by Crippen LogP contribution is 2.27. The number of rotatable bonds is 6. The molecule has 3 aromatic carbocycles. The number of anilines is 1. The molecule has 7 nitrogen and oxygen atoms in total. The van der Waals surface area contributed by atoms with E-state index in [1.807, 2.05) is 73.7 Å². The molecule has 0 atom stereocenters. The van der Waals surface area contributed by atoms with E-state index >= 15 is 0 Å². The standard InChI is InChI=1S/C23H19N5O2S/c1-2-20-25-26-23-28(20)27-22(31-23)16-10-12-17(13-11-16)24-21(29)14-30-19-9-5-7-15-6-3-4-8-18(15)19/h3-13H,2,14H2,1H3,(H,24,29). The lowest BCUT2D eigenvalue weighted by atomic mass is 10.1. The van der Waals surface area contributed by atoms with Crippen LogP contribution in [0.3, 0.4) is 0 Å². The number of carbonyl (C=O) groups excluding carboxylic acids is 1. The van der Waals surface area contributed by atoms with Crippen LogP contribution in [0.15, 0.2) is 66.7 Å². The molecule has 0 saturated heterocycles. The molecule has 0 aliphatic rings. The average Bonchev–Trinajstić information content (AvgIpc) is 3.39. The van der Waals surface area contributed by atoms with Crippen molar-refractivity contribution in [2.24, 2.45) is 0 Å². The molecular weight excluding hydrogens is 410 g/mol. The molecule has 0 saturated carbocycles. The Balaban J connectivity index is 1.24. The fourth-order valence-corrected chi connectivity index (χ4v) is 4.22. The predicted molar refractivity (Wildman–Crippen MR) is 122 cm³/mol. The second kappa shape index (κ2) is 8.16. The number of hydrogen-bond acceptors (Lipinski definition) is 6. The summed E-state index contributed by atoms with van der Waals surface area (Å²) in [5.41, 5.74) is 1.66. The van der Waals surface area contributed by atoms with Crippen LogP contribution in [0.5, 0.6) is 5.75 Å². The van der Waals surface area contributed by atoms with Crippen molar-refractivity contribution in [1.82, 2.24) is 19.8 Å². The van der Waals surface area contributed by atoms with Crippen molar-refractivity contribution in [3.05, 3.63) is 72.6 Å². The first kappa shape index (κ1) is 19.2. The Morgan fingerprint density at radius 3 is 2.68 bits per heavy atom. The summed E-state index contributed by atoms with van der Waals surface area (Å²) in [7, 11) is 0. The molecule has 31 heavy (non-hydrogen) atoms. The molecule has 0 spiro atoms. The average molecular weight is 430 g/mol. The van der Waals surface area contributed by atoms with E-state index < -0.39 is 0 Å². The lowest BCUT2D eigenvalue weighted by molar-refractivity contribution is -0.118. The van der Waals surface area contributed by atoms with Gasteiger partial charge in [0.25, 0.3) is 5.91 Å². The van der Waals surface area contributed by atoms with Crippen molar-refractivity contribution < 1.29 is 9.53 Å². The van der Waals surface area contributed by atoms with Crippen molar-refractivity contribution >= 4 is 38.7 Å². The highest BCUT2D eigenvalue weighted by Gasteiger charge is 2.12. The number of aromatic nitrogens is 4. The summed E-state index contributed by atoms with van der Waals surface area (Å²) in [5.74, 6) is 1.32. The minimum atomic E-state index is -0.216. The van der Waals surface area contributed by atoms with Crippen LogP contribution < -0.4 is 10.1 Å². The smallest absolute Gasteiger partial charge is 0.262 e. The third-order valence-electron chi connectivity index (χ3n) is 4.90. The lowest BCUT2D eigenvalue weighted by Crippen LogP contribution is -2.20. The van der Waals surface area contributed by atoms with Crippen molar-refractivity contribution in [1.29, 1.82) is 0 Å². The van der Waals surface area contributed by atoms with Crippen LogP contribution in [-0.2, 0) is 11.2 Å². The van der Waals surface area contributed by atoms with Gasteiger partial charge < -0.3 is 10.1 Å². The number of nitrogens with one attached hydrogen (secondary N) is 1. The Labute approximate surface area is 182 Å². The Kier molecular flexibility index (Phi) is 5.05. The third kappa shape index (κ3) is 3.85. The fourth-order valence-electron chi connectivity index (χ4n) is 3.35. The maximum Gasteiger partial charge on any atom is 0.262 e. The molecular formula is C23H19N5O2S. The van der Waals surface area contributed by atoms with Crippen LogP contribution >= 0.6 is 11.3 Å². The largest absolute Gasteiger partial charge is 0.483 e. The molecule has 5 aromatic rings. The van der Waals surface area contributed by atoms with E-state index in [0.717, 1.165) is 38.5 Å². The summed E-state index contributed by atoms with van der Waals surface area (Å²) in [5, 5.41) is 18.7. The van der Waals surface area contributed by atoms with E-state index in [0.29, 0.717) is 11.4 Å². The second-order valence-electron chi connectivity index (χ2n) is 6.96. The minimum absolute atomic E-state index is 0.0633. The SMILES string of the molecule is CCc1nnc2sc(-c3ccc(NC(=O)COc4cccc5ccccc45)cc3)nn12. The summed E-state index contributed by atoms with van der Waals surface area (Å²) in [4.78, 5) is 13.1. The molecule has 2 aromatic heterocycles.